The molecule has 5 heteroatoms. The molecule has 5 nitrogen and oxygen atoms in total. The Bertz CT molecular complexity index is 487. The lowest BCUT2D eigenvalue weighted by molar-refractivity contribution is 0.0660. The van der Waals surface area contributed by atoms with Crippen molar-refractivity contribution in [3.63, 3.8) is 0 Å². The Labute approximate surface area is 119 Å². The van der Waals surface area contributed by atoms with Gasteiger partial charge in [-0.1, -0.05) is 0 Å². The van der Waals surface area contributed by atoms with Gasteiger partial charge in [0.1, 0.15) is 18.5 Å². The summed E-state index contributed by atoms with van der Waals surface area (Å²) in [5.41, 5.74) is 0.572. The largest absolute Gasteiger partial charge is 0.491 e. The fourth-order valence-corrected chi connectivity index (χ4v) is 1.67. The van der Waals surface area contributed by atoms with E-state index in [0.29, 0.717) is 24.3 Å². The van der Waals surface area contributed by atoms with Crippen molar-refractivity contribution in [3.8, 4) is 17.9 Å². The molecule has 1 N–H and O–H groups in total. The molecule has 0 spiro atoms. The van der Waals surface area contributed by atoms with E-state index >= 15 is 0 Å². The standard InChI is InChI=1S/C15H19N3O2/c1-12(7-8-16)18(2)10-14(19)11-20-15-5-3-13(9-17)4-6-15/h3-6,12,14,19H,7,10-11H2,1-2H3. The first-order chi connectivity index (χ1) is 9.56. The van der Waals surface area contributed by atoms with Crippen LogP contribution in [0.1, 0.15) is 18.9 Å². The molecule has 0 aliphatic carbocycles. The predicted molar refractivity (Wildman–Crippen MR) is 75.0 cm³/mol. The van der Waals surface area contributed by atoms with Gasteiger partial charge in [0.25, 0.3) is 0 Å². The molecule has 0 heterocycles. The second kappa shape index (κ2) is 8.16. The quantitative estimate of drug-likeness (QED) is 0.815. The second-order valence-electron chi connectivity index (χ2n) is 4.75. The third kappa shape index (κ3) is 5.27. The first-order valence-electron chi connectivity index (χ1n) is 6.45. The molecule has 1 rings (SSSR count). The normalized spacial score (nSPS) is 13.3. The monoisotopic (exact) mass is 273 g/mol. The van der Waals surface area contributed by atoms with Crippen LogP contribution in [0.15, 0.2) is 24.3 Å². The lowest BCUT2D eigenvalue weighted by Gasteiger charge is -2.25. The molecule has 1 aromatic rings. The van der Waals surface area contributed by atoms with Crippen molar-refractivity contribution in [2.24, 2.45) is 0 Å². The van der Waals surface area contributed by atoms with Gasteiger partial charge in [0.05, 0.1) is 24.1 Å². The summed E-state index contributed by atoms with van der Waals surface area (Å²) in [4.78, 5) is 1.93. The molecule has 0 saturated carbocycles. The van der Waals surface area contributed by atoms with Crippen molar-refractivity contribution in [2.45, 2.75) is 25.5 Å². The van der Waals surface area contributed by atoms with Crippen LogP contribution in [0.4, 0.5) is 0 Å². The molecular weight excluding hydrogens is 254 g/mol. The predicted octanol–water partition coefficient (Wildman–Crippen LogP) is 1.53. The van der Waals surface area contributed by atoms with Crippen LogP contribution in [0.25, 0.3) is 0 Å². The Hall–Kier alpha value is -2.08. The van der Waals surface area contributed by atoms with Crippen LogP contribution in [-0.4, -0.2) is 42.4 Å². The van der Waals surface area contributed by atoms with Gasteiger partial charge in [0, 0.05) is 12.6 Å². The summed E-state index contributed by atoms with van der Waals surface area (Å²) in [7, 11) is 1.87. The number of nitriles is 2. The molecule has 0 fully saturated rings. The van der Waals surface area contributed by atoms with E-state index in [4.69, 9.17) is 15.3 Å². The highest BCUT2D eigenvalue weighted by Gasteiger charge is 2.14. The van der Waals surface area contributed by atoms with Crippen molar-refractivity contribution in [2.75, 3.05) is 20.2 Å². The maximum absolute atomic E-state index is 9.90. The minimum Gasteiger partial charge on any atom is -0.491 e. The number of rotatable bonds is 7. The van der Waals surface area contributed by atoms with Crippen LogP contribution >= 0.6 is 0 Å². The molecule has 0 aliphatic heterocycles. The molecule has 0 aliphatic rings. The molecule has 0 radical (unpaired) electrons. The molecule has 0 saturated heterocycles. The Balaban J connectivity index is 2.37. The lowest BCUT2D eigenvalue weighted by Crippen LogP contribution is -2.38. The van der Waals surface area contributed by atoms with Crippen molar-refractivity contribution < 1.29 is 9.84 Å². The van der Waals surface area contributed by atoms with E-state index in [1.54, 1.807) is 24.3 Å². The van der Waals surface area contributed by atoms with Crippen LogP contribution in [0.5, 0.6) is 5.75 Å². The molecule has 20 heavy (non-hydrogen) atoms. The van der Waals surface area contributed by atoms with Crippen LogP contribution in [0.3, 0.4) is 0 Å². The second-order valence-corrected chi connectivity index (χ2v) is 4.75. The maximum Gasteiger partial charge on any atom is 0.119 e. The van der Waals surface area contributed by atoms with E-state index in [2.05, 4.69) is 6.07 Å². The summed E-state index contributed by atoms with van der Waals surface area (Å²) >= 11 is 0. The molecule has 0 amide bonds. The smallest absolute Gasteiger partial charge is 0.119 e. The zero-order valence-electron chi connectivity index (χ0n) is 11.8. The number of hydrogen-bond acceptors (Lipinski definition) is 5. The van der Waals surface area contributed by atoms with Gasteiger partial charge in [0.2, 0.25) is 0 Å². The number of benzene rings is 1. The summed E-state index contributed by atoms with van der Waals surface area (Å²) < 4.78 is 5.46. The van der Waals surface area contributed by atoms with Crippen molar-refractivity contribution in [3.05, 3.63) is 29.8 Å². The molecule has 0 aromatic heterocycles. The number of ether oxygens (including phenoxy) is 1. The summed E-state index contributed by atoms with van der Waals surface area (Å²) in [5, 5.41) is 27.2. The molecule has 2 unspecified atom stereocenters. The first kappa shape index (κ1) is 16.0. The SMILES string of the molecule is CC(CC#N)N(C)CC(O)COc1ccc(C#N)cc1. The fourth-order valence-electron chi connectivity index (χ4n) is 1.67. The number of likely N-dealkylation sites (N-methyl/N-ethyl adjacent to an activating group) is 1. The number of nitrogens with zero attached hydrogens (tertiary/aromatic N) is 3. The summed E-state index contributed by atoms with van der Waals surface area (Å²) in [6.07, 6.45) is -0.198. The highest BCUT2D eigenvalue weighted by atomic mass is 16.5. The summed E-state index contributed by atoms with van der Waals surface area (Å²) in [6.45, 7) is 2.56. The lowest BCUT2D eigenvalue weighted by atomic mass is 10.2. The Morgan fingerprint density at radius 3 is 2.50 bits per heavy atom. The van der Waals surface area contributed by atoms with Crippen LogP contribution in [-0.2, 0) is 0 Å². The van der Waals surface area contributed by atoms with E-state index in [1.165, 1.54) is 0 Å². The van der Waals surface area contributed by atoms with E-state index in [1.807, 2.05) is 24.9 Å². The maximum atomic E-state index is 9.90. The minimum atomic E-state index is -0.628. The van der Waals surface area contributed by atoms with Crippen molar-refractivity contribution in [1.82, 2.24) is 4.90 Å². The van der Waals surface area contributed by atoms with Crippen LogP contribution in [0, 0.1) is 22.7 Å². The molecule has 1 aromatic carbocycles. The first-order valence-corrected chi connectivity index (χ1v) is 6.45. The molecule has 106 valence electrons. The van der Waals surface area contributed by atoms with Crippen molar-refractivity contribution in [1.29, 1.82) is 10.5 Å². The van der Waals surface area contributed by atoms with Gasteiger partial charge in [-0.15, -0.1) is 0 Å². The van der Waals surface area contributed by atoms with Crippen LogP contribution in [0.2, 0.25) is 0 Å². The van der Waals surface area contributed by atoms with E-state index in [-0.39, 0.29) is 12.6 Å². The number of aliphatic hydroxyl groups is 1. The average molecular weight is 273 g/mol. The topological polar surface area (TPSA) is 80.3 Å². The molecule has 0 bridgehead atoms. The van der Waals surface area contributed by atoms with E-state index in [9.17, 15) is 5.11 Å². The van der Waals surface area contributed by atoms with Gasteiger partial charge in [0.15, 0.2) is 0 Å². The van der Waals surface area contributed by atoms with Gasteiger partial charge < -0.3 is 9.84 Å². The Morgan fingerprint density at radius 2 is 1.95 bits per heavy atom. The zero-order valence-corrected chi connectivity index (χ0v) is 11.8. The Morgan fingerprint density at radius 1 is 1.30 bits per heavy atom. The van der Waals surface area contributed by atoms with Crippen molar-refractivity contribution >= 4 is 0 Å². The molecular formula is C15H19N3O2. The summed E-state index contributed by atoms with van der Waals surface area (Å²) in [6, 6.07) is 11.0. The number of hydrogen-bond donors (Lipinski definition) is 1. The third-order valence-corrected chi connectivity index (χ3v) is 3.06. The fraction of sp³-hybridized carbons (Fsp3) is 0.467. The zero-order chi connectivity index (χ0) is 15.0. The van der Waals surface area contributed by atoms with Gasteiger partial charge in [-0.2, -0.15) is 10.5 Å². The molecule has 2 atom stereocenters. The summed E-state index contributed by atoms with van der Waals surface area (Å²) in [5.74, 6) is 0.621. The Kier molecular flexibility index (Phi) is 6.52. The van der Waals surface area contributed by atoms with E-state index in [0.717, 1.165) is 0 Å². The average Bonchev–Trinajstić information content (AvgIpc) is 2.45. The third-order valence-electron chi connectivity index (χ3n) is 3.06. The van der Waals surface area contributed by atoms with Gasteiger partial charge >= 0.3 is 0 Å². The number of aliphatic hydroxyl groups excluding tert-OH is 1. The minimum absolute atomic E-state index is 0.101. The van der Waals surface area contributed by atoms with Crippen LogP contribution < -0.4 is 4.74 Å². The van der Waals surface area contributed by atoms with E-state index < -0.39 is 6.10 Å². The highest BCUT2D eigenvalue weighted by Crippen LogP contribution is 2.12. The van der Waals surface area contributed by atoms with Gasteiger partial charge in [-0.25, -0.2) is 0 Å². The van der Waals surface area contributed by atoms with Gasteiger partial charge in [-0.3, -0.25) is 4.90 Å². The highest BCUT2D eigenvalue weighted by molar-refractivity contribution is 5.34. The van der Waals surface area contributed by atoms with Gasteiger partial charge in [-0.05, 0) is 38.2 Å².